The standard InChI is InChI=1S/C15H16N4O2/c1-4-11-13(8-18(3)17-11)19-9(2)16-14-10(15(20)21)6-5-7-12(14)19/h5-8H,4H2,1-3H3,(H,20,21). The lowest BCUT2D eigenvalue weighted by Gasteiger charge is -2.06. The minimum absolute atomic E-state index is 0.219. The Morgan fingerprint density at radius 3 is 2.81 bits per heavy atom. The summed E-state index contributed by atoms with van der Waals surface area (Å²) in [4.78, 5) is 15.8. The van der Waals surface area contributed by atoms with Crippen molar-refractivity contribution in [1.82, 2.24) is 19.3 Å². The van der Waals surface area contributed by atoms with Gasteiger partial charge in [0, 0.05) is 13.2 Å². The molecule has 0 saturated carbocycles. The van der Waals surface area contributed by atoms with E-state index in [1.54, 1.807) is 16.8 Å². The quantitative estimate of drug-likeness (QED) is 0.801. The summed E-state index contributed by atoms with van der Waals surface area (Å²) in [5.41, 5.74) is 3.42. The van der Waals surface area contributed by atoms with Gasteiger partial charge in [-0.3, -0.25) is 9.25 Å². The molecule has 0 bridgehead atoms. The SMILES string of the molecule is CCc1nn(C)cc1-n1c(C)nc2c(C(=O)O)cccc21. The number of benzene rings is 1. The van der Waals surface area contributed by atoms with Crippen molar-refractivity contribution in [3.8, 4) is 5.69 Å². The van der Waals surface area contributed by atoms with E-state index in [0.717, 1.165) is 29.1 Å². The van der Waals surface area contributed by atoms with Gasteiger partial charge in [0.15, 0.2) is 0 Å². The number of para-hydroxylation sites is 1. The van der Waals surface area contributed by atoms with E-state index in [1.807, 2.05) is 37.7 Å². The van der Waals surface area contributed by atoms with E-state index in [2.05, 4.69) is 10.1 Å². The number of aromatic nitrogens is 4. The Morgan fingerprint density at radius 2 is 2.14 bits per heavy atom. The molecule has 0 fully saturated rings. The summed E-state index contributed by atoms with van der Waals surface area (Å²) in [7, 11) is 1.87. The van der Waals surface area contributed by atoms with Crippen molar-refractivity contribution < 1.29 is 9.90 Å². The fraction of sp³-hybridized carbons (Fsp3) is 0.267. The van der Waals surface area contributed by atoms with Crippen LogP contribution < -0.4 is 0 Å². The molecule has 6 nitrogen and oxygen atoms in total. The lowest BCUT2D eigenvalue weighted by atomic mass is 10.2. The zero-order chi connectivity index (χ0) is 15.1. The molecular weight excluding hydrogens is 268 g/mol. The van der Waals surface area contributed by atoms with E-state index in [0.29, 0.717) is 5.52 Å². The number of carboxylic acids is 1. The Hall–Kier alpha value is -2.63. The second-order valence-corrected chi connectivity index (χ2v) is 4.96. The smallest absolute Gasteiger partial charge is 0.337 e. The fourth-order valence-corrected chi connectivity index (χ4v) is 2.65. The monoisotopic (exact) mass is 284 g/mol. The topological polar surface area (TPSA) is 72.9 Å². The number of rotatable bonds is 3. The van der Waals surface area contributed by atoms with Gasteiger partial charge in [-0.05, 0) is 25.5 Å². The molecule has 0 aliphatic rings. The Labute approximate surface area is 121 Å². The maximum atomic E-state index is 11.3. The van der Waals surface area contributed by atoms with Gasteiger partial charge in [0.25, 0.3) is 0 Å². The molecule has 3 aromatic rings. The predicted octanol–water partition coefficient (Wildman–Crippen LogP) is 2.33. The van der Waals surface area contributed by atoms with Crippen LogP contribution >= 0.6 is 0 Å². The highest BCUT2D eigenvalue weighted by Gasteiger charge is 2.18. The van der Waals surface area contributed by atoms with Crippen LogP contribution in [-0.4, -0.2) is 30.4 Å². The molecular formula is C15H16N4O2. The van der Waals surface area contributed by atoms with Crippen LogP contribution in [0.15, 0.2) is 24.4 Å². The highest BCUT2D eigenvalue weighted by Crippen LogP contribution is 2.25. The molecule has 1 N–H and O–H groups in total. The van der Waals surface area contributed by atoms with Gasteiger partial charge in [-0.15, -0.1) is 0 Å². The Morgan fingerprint density at radius 1 is 1.38 bits per heavy atom. The first-order valence-electron chi connectivity index (χ1n) is 6.77. The van der Waals surface area contributed by atoms with Crippen LogP contribution in [0.3, 0.4) is 0 Å². The van der Waals surface area contributed by atoms with E-state index in [4.69, 9.17) is 0 Å². The molecule has 3 rings (SSSR count). The summed E-state index contributed by atoms with van der Waals surface area (Å²) in [6, 6.07) is 5.20. The van der Waals surface area contributed by atoms with Gasteiger partial charge in [-0.2, -0.15) is 5.10 Å². The third kappa shape index (κ3) is 1.99. The number of fused-ring (bicyclic) bond motifs is 1. The molecule has 6 heteroatoms. The van der Waals surface area contributed by atoms with E-state index >= 15 is 0 Å². The molecule has 0 aliphatic carbocycles. The summed E-state index contributed by atoms with van der Waals surface area (Å²) >= 11 is 0. The van der Waals surface area contributed by atoms with Gasteiger partial charge in [0.2, 0.25) is 0 Å². The van der Waals surface area contributed by atoms with Crippen molar-refractivity contribution in [2.75, 3.05) is 0 Å². The number of hydrogen-bond acceptors (Lipinski definition) is 3. The minimum atomic E-state index is -0.966. The maximum Gasteiger partial charge on any atom is 0.337 e. The van der Waals surface area contributed by atoms with Gasteiger partial charge in [0.05, 0.1) is 22.5 Å². The molecule has 0 radical (unpaired) electrons. The molecule has 0 atom stereocenters. The third-order valence-corrected chi connectivity index (χ3v) is 3.54. The van der Waals surface area contributed by atoms with Crippen LogP contribution in [0.1, 0.15) is 28.8 Å². The summed E-state index contributed by atoms with van der Waals surface area (Å²) < 4.78 is 3.73. The first kappa shape index (κ1) is 13.4. The van der Waals surface area contributed by atoms with Crippen molar-refractivity contribution >= 4 is 17.0 Å². The number of carbonyl (C=O) groups is 1. The normalized spacial score (nSPS) is 11.2. The highest BCUT2D eigenvalue weighted by atomic mass is 16.4. The second kappa shape index (κ2) is 4.73. The molecule has 0 spiro atoms. The van der Waals surface area contributed by atoms with Crippen LogP contribution in [0.25, 0.3) is 16.7 Å². The molecule has 2 aromatic heterocycles. The van der Waals surface area contributed by atoms with E-state index in [1.165, 1.54) is 0 Å². The van der Waals surface area contributed by atoms with Crippen LogP contribution in [0.4, 0.5) is 0 Å². The Balaban J connectivity index is 2.35. The van der Waals surface area contributed by atoms with Gasteiger partial charge in [-0.25, -0.2) is 9.78 Å². The predicted molar refractivity (Wildman–Crippen MR) is 78.9 cm³/mol. The van der Waals surface area contributed by atoms with Crippen LogP contribution in [0, 0.1) is 6.92 Å². The van der Waals surface area contributed by atoms with Crippen molar-refractivity contribution in [1.29, 1.82) is 0 Å². The van der Waals surface area contributed by atoms with Crippen molar-refractivity contribution in [2.45, 2.75) is 20.3 Å². The van der Waals surface area contributed by atoms with Gasteiger partial charge in [-0.1, -0.05) is 13.0 Å². The number of imidazole rings is 1. The van der Waals surface area contributed by atoms with Crippen molar-refractivity contribution in [2.24, 2.45) is 7.05 Å². The second-order valence-electron chi connectivity index (χ2n) is 4.96. The fourth-order valence-electron chi connectivity index (χ4n) is 2.65. The lowest BCUT2D eigenvalue weighted by molar-refractivity contribution is 0.0699. The average molecular weight is 284 g/mol. The Kier molecular flexibility index (Phi) is 3.01. The summed E-state index contributed by atoms with van der Waals surface area (Å²) in [5, 5.41) is 13.7. The largest absolute Gasteiger partial charge is 0.478 e. The first-order valence-corrected chi connectivity index (χ1v) is 6.77. The van der Waals surface area contributed by atoms with Gasteiger partial charge >= 0.3 is 5.97 Å². The van der Waals surface area contributed by atoms with Crippen LogP contribution in [-0.2, 0) is 13.5 Å². The maximum absolute atomic E-state index is 11.3. The third-order valence-electron chi connectivity index (χ3n) is 3.54. The average Bonchev–Trinajstić information content (AvgIpc) is 2.96. The zero-order valence-corrected chi connectivity index (χ0v) is 12.2. The number of aromatic carboxylic acids is 1. The first-order chi connectivity index (χ1) is 10.0. The van der Waals surface area contributed by atoms with Crippen molar-refractivity contribution in [3.63, 3.8) is 0 Å². The van der Waals surface area contributed by atoms with Gasteiger partial charge in [0.1, 0.15) is 11.3 Å². The molecule has 0 amide bonds. The number of nitrogens with zero attached hydrogens (tertiary/aromatic N) is 4. The number of hydrogen-bond donors (Lipinski definition) is 1. The molecule has 108 valence electrons. The van der Waals surface area contributed by atoms with E-state index in [9.17, 15) is 9.90 Å². The molecule has 21 heavy (non-hydrogen) atoms. The summed E-state index contributed by atoms with van der Waals surface area (Å²) in [6.45, 7) is 3.92. The minimum Gasteiger partial charge on any atom is -0.478 e. The number of carboxylic acid groups (broad SMARTS) is 1. The molecule has 0 unspecified atom stereocenters. The summed E-state index contributed by atoms with van der Waals surface area (Å²) in [6.07, 6.45) is 2.73. The van der Waals surface area contributed by atoms with Crippen molar-refractivity contribution in [3.05, 3.63) is 41.5 Å². The van der Waals surface area contributed by atoms with Crippen LogP contribution in [0.5, 0.6) is 0 Å². The summed E-state index contributed by atoms with van der Waals surface area (Å²) in [5.74, 6) is -0.214. The molecule has 2 heterocycles. The number of aryl methyl sites for hydroxylation is 3. The van der Waals surface area contributed by atoms with E-state index in [-0.39, 0.29) is 5.56 Å². The lowest BCUT2D eigenvalue weighted by Crippen LogP contribution is -2.00. The molecule has 1 aromatic carbocycles. The zero-order valence-electron chi connectivity index (χ0n) is 12.2. The molecule has 0 saturated heterocycles. The van der Waals surface area contributed by atoms with Crippen LogP contribution in [0.2, 0.25) is 0 Å². The molecule has 0 aliphatic heterocycles. The Bertz CT molecular complexity index is 845. The van der Waals surface area contributed by atoms with Gasteiger partial charge < -0.3 is 5.11 Å². The van der Waals surface area contributed by atoms with E-state index < -0.39 is 5.97 Å². The highest BCUT2D eigenvalue weighted by molar-refractivity contribution is 6.01.